The molecule has 2 heterocycles. The Hall–Kier alpha value is -1.48. The summed E-state index contributed by atoms with van der Waals surface area (Å²) < 4.78 is 7.49. The van der Waals surface area contributed by atoms with Crippen molar-refractivity contribution in [2.24, 2.45) is 0 Å². The molecule has 0 aliphatic heterocycles. The first-order valence-corrected chi connectivity index (χ1v) is 7.64. The third-order valence-electron chi connectivity index (χ3n) is 3.73. The molecule has 2 rings (SSSR count). The molecule has 0 aromatic carbocycles. The van der Waals surface area contributed by atoms with E-state index in [1.807, 2.05) is 6.07 Å². The molecule has 3 heteroatoms. The van der Waals surface area contributed by atoms with Crippen LogP contribution in [0.5, 0.6) is 5.75 Å². The number of nitrogens with zero attached hydrogens (tertiary/aromatic N) is 2. The van der Waals surface area contributed by atoms with Crippen LogP contribution in [0.25, 0.3) is 5.52 Å². The summed E-state index contributed by atoms with van der Waals surface area (Å²) in [6.45, 7) is 8.03. The summed E-state index contributed by atoms with van der Waals surface area (Å²) in [5, 5.41) is 0. The minimum Gasteiger partial charge on any atom is -0.497 e. The first-order chi connectivity index (χ1) is 9.78. The fourth-order valence-electron chi connectivity index (χ4n) is 2.72. The van der Waals surface area contributed by atoms with Crippen molar-refractivity contribution in [1.29, 1.82) is 0 Å². The molecule has 3 nitrogen and oxygen atoms in total. The van der Waals surface area contributed by atoms with E-state index in [1.165, 1.54) is 37.0 Å². The Morgan fingerprint density at radius 3 is 2.40 bits per heavy atom. The third kappa shape index (κ3) is 3.54. The van der Waals surface area contributed by atoms with Crippen LogP contribution >= 0.6 is 0 Å². The van der Waals surface area contributed by atoms with Crippen LogP contribution in [0.3, 0.4) is 0 Å². The van der Waals surface area contributed by atoms with E-state index >= 15 is 0 Å². The Morgan fingerprint density at radius 1 is 1.05 bits per heavy atom. The van der Waals surface area contributed by atoms with Gasteiger partial charge in [0.15, 0.2) is 0 Å². The van der Waals surface area contributed by atoms with Gasteiger partial charge in [-0.3, -0.25) is 0 Å². The molecule has 0 bridgehead atoms. The van der Waals surface area contributed by atoms with E-state index in [2.05, 4.69) is 47.7 Å². The maximum atomic E-state index is 5.33. The van der Waals surface area contributed by atoms with Crippen LogP contribution in [0.1, 0.15) is 32.3 Å². The molecule has 2 aromatic heterocycles. The summed E-state index contributed by atoms with van der Waals surface area (Å²) in [6.07, 6.45) is 7.75. The van der Waals surface area contributed by atoms with Crippen LogP contribution in [0, 0.1) is 0 Å². The monoisotopic (exact) mass is 274 g/mol. The highest BCUT2D eigenvalue weighted by Crippen LogP contribution is 2.19. The van der Waals surface area contributed by atoms with Crippen LogP contribution in [-0.2, 0) is 6.42 Å². The summed E-state index contributed by atoms with van der Waals surface area (Å²) in [4.78, 5) is 2.56. The van der Waals surface area contributed by atoms with E-state index in [9.17, 15) is 0 Å². The number of aromatic nitrogens is 1. The number of fused-ring (bicyclic) bond motifs is 1. The van der Waals surface area contributed by atoms with E-state index in [1.54, 1.807) is 7.11 Å². The normalized spacial score (nSPS) is 11.4. The molecule has 0 aliphatic rings. The van der Waals surface area contributed by atoms with Gasteiger partial charge in [0.25, 0.3) is 0 Å². The van der Waals surface area contributed by atoms with Crippen molar-refractivity contribution in [2.45, 2.75) is 33.1 Å². The van der Waals surface area contributed by atoms with Crippen LogP contribution in [-0.4, -0.2) is 36.0 Å². The number of methoxy groups -OCH3 is 1. The fourth-order valence-corrected chi connectivity index (χ4v) is 2.72. The van der Waals surface area contributed by atoms with Gasteiger partial charge in [0.05, 0.1) is 12.6 Å². The lowest BCUT2D eigenvalue weighted by atomic mass is 10.1. The van der Waals surface area contributed by atoms with Crippen molar-refractivity contribution in [3.8, 4) is 5.75 Å². The lowest BCUT2D eigenvalue weighted by Gasteiger charge is -2.20. The summed E-state index contributed by atoms with van der Waals surface area (Å²) in [6, 6.07) is 6.35. The highest BCUT2D eigenvalue weighted by atomic mass is 16.5. The number of rotatable bonds is 8. The van der Waals surface area contributed by atoms with E-state index in [4.69, 9.17) is 4.74 Å². The number of hydrogen-bond acceptors (Lipinski definition) is 2. The van der Waals surface area contributed by atoms with E-state index < -0.39 is 0 Å². The number of pyridine rings is 1. The van der Waals surface area contributed by atoms with Gasteiger partial charge in [0.1, 0.15) is 5.75 Å². The van der Waals surface area contributed by atoms with Crippen molar-refractivity contribution < 1.29 is 4.74 Å². The second-order valence-corrected chi connectivity index (χ2v) is 5.29. The lowest BCUT2D eigenvalue weighted by molar-refractivity contribution is 0.278. The van der Waals surface area contributed by atoms with Gasteiger partial charge in [-0.1, -0.05) is 13.8 Å². The van der Waals surface area contributed by atoms with Crippen molar-refractivity contribution in [1.82, 2.24) is 9.30 Å². The zero-order valence-corrected chi connectivity index (χ0v) is 12.9. The van der Waals surface area contributed by atoms with Crippen LogP contribution in [0.4, 0.5) is 0 Å². The van der Waals surface area contributed by atoms with Gasteiger partial charge in [0.2, 0.25) is 0 Å². The first-order valence-electron chi connectivity index (χ1n) is 7.64. The second-order valence-electron chi connectivity index (χ2n) is 5.29. The quantitative estimate of drug-likeness (QED) is 0.731. The average molecular weight is 274 g/mol. The highest BCUT2D eigenvalue weighted by Gasteiger charge is 2.07. The molecular weight excluding hydrogens is 248 g/mol. The van der Waals surface area contributed by atoms with Crippen molar-refractivity contribution in [3.63, 3.8) is 0 Å². The van der Waals surface area contributed by atoms with Crippen molar-refractivity contribution >= 4 is 5.52 Å². The highest BCUT2D eigenvalue weighted by molar-refractivity contribution is 5.58. The minimum absolute atomic E-state index is 0.927. The first kappa shape index (κ1) is 14.9. The van der Waals surface area contributed by atoms with Crippen LogP contribution in [0.2, 0.25) is 0 Å². The maximum absolute atomic E-state index is 5.33. The zero-order chi connectivity index (χ0) is 14.4. The summed E-state index contributed by atoms with van der Waals surface area (Å²) in [5.41, 5.74) is 2.67. The smallest absolute Gasteiger partial charge is 0.122 e. The molecule has 0 aliphatic carbocycles. The maximum Gasteiger partial charge on any atom is 0.122 e. The predicted octanol–water partition coefficient (Wildman–Crippen LogP) is 3.61. The molecule has 0 saturated carbocycles. The number of ether oxygens (including phenoxy) is 1. The SMILES string of the molecule is CCCN(CCC)CCc1ccn2ccc(OC)cc12. The molecule has 0 N–H and O–H groups in total. The third-order valence-corrected chi connectivity index (χ3v) is 3.73. The Morgan fingerprint density at radius 2 is 1.75 bits per heavy atom. The second kappa shape index (κ2) is 7.34. The summed E-state index contributed by atoms with van der Waals surface area (Å²) >= 11 is 0. The zero-order valence-electron chi connectivity index (χ0n) is 12.9. The molecule has 0 unspecified atom stereocenters. The largest absolute Gasteiger partial charge is 0.497 e. The molecule has 2 aromatic rings. The lowest BCUT2D eigenvalue weighted by Crippen LogP contribution is -2.27. The van der Waals surface area contributed by atoms with Crippen molar-refractivity contribution in [2.75, 3.05) is 26.7 Å². The summed E-state index contributed by atoms with van der Waals surface area (Å²) in [5.74, 6) is 0.927. The van der Waals surface area contributed by atoms with Gasteiger partial charge in [-0.15, -0.1) is 0 Å². The molecule has 0 atom stereocenters. The Kier molecular flexibility index (Phi) is 5.48. The Balaban J connectivity index is 2.08. The summed E-state index contributed by atoms with van der Waals surface area (Å²) in [7, 11) is 1.72. The standard InChI is InChI=1S/C17H26N2O/c1-4-9-18(10-5-2)11-6-15-7-12-19-13-8-16(20-3)14-17(15)19/h7-8,12-14H,4-6,9-11H2,1-3H3. The van der Waals surface area contributed by atoms with Crippen LogP contribution in [0.15, 0.2) is 30.6 Å². The molecule has 20 heavy (non-hydrogen) atoms. The van der Waals surface area contributed by atoms with Gasteiger partial charge >= 0.3 is 0 Å². The van der Waals surface area contributed by atoms with Gasteiger partial charge < -0.3 is 14.0 Å². The molecule has 0 fully saturated rings. The van der Waals surface area contributed by atoms with E-state index in [0.717, 1.165) is 18.7 Å². The molecule has 110 valence electrons. The molecule has 0 amide bonds. The molecular formula is C17H26N2O. The van der Waals surface area contributed by atoms with E-state index in [0.29, 0.717) is 0 Å². The van der Waals surface area contributed by atoms with Crippen LogP contribution < -0.4 is 4.74 Å². The van der Waals surface area contributed by atoms with Crippen molar-refractivity contribution in [3.05, 3.63) is 36.2 Å². The molecule has 0 saturated heterocycles. The Labute approximate surface area is 122 Å². The predicted molar refractivity (Wildman–Crippen MR) is 84.7 cm³/mol. The number of hydrogen-bond donors (Lipinski definition) is 0. The average Bonchev–Trinajstić information content (AvgIpc) is 2.87. The minimum atomic E-state index is 0.927. The topological polar surface area (TPSA) is 16.9 Å². The molecule has 0 spiro atoms. The van der Waals surface area contributed by atoms with Gasteiger partial charge in [-0.2, -0.15) is 0 Å². The van der Waals surface area contributed by atoms with Gasteiger partial charge in [-0.05, 0) is 50.0 Å². The fraction of sp³-hybridized carbons (Fsp3) is 0.529. The Bertz CT molecular complexity index is 527. The van der Waals surface area contributed by atoms with Gasteiger partial charge in [-0.25, -0.2) is 0 Å². The van der Waals surface area contributed by atoms with E-state index in [-0.39, 0.29) is 0 Å². The van der Waals surface area contributed by atoms with Gasteiger partial charge in [0, 0.05) is 25.0 Å². The molecule has 0 radical (unpaired) electrons.